The molecule has 0 aliphatic carbocycles. The highest BCUT2D eigenvalue weighted by Crippen LogP contribution is 2.37. The van der Waals surface area contributed by atoms with E-state index in [9.17, 15) is 9.59 Å². The summed E-state index contributed by atoms with van der Waals surface area (Å²) in [6.45, 7) is 4.30. The van der Waals surface area contributed by atoms with Gasteiger partial charge in [-0.3, -0.25) is 4.79 Å². The van der Waals surface area contributed by atoms with E-state index in [1.807, 2.05) is 54.6 Å². The summed E-state index contributed by atoms with van der Waals surface area (Å²) in [4.78, 5) is 26.4. The standard InChI is InChI=1S/C22H24BrNO4/c1-14(2)19(16-9-11-17(27-3)12-10-16)20(23)21(25)24-18(13-28-22(24)26)15-7-5-4-6-8-15/h4-12,14,18-20H,13H2,1-3H3/t18-,19+,20+/m1/s1. The zero-order valence-electron chi connectivity index (χ0n) is 16.2. The number of methoxy groups -OCH3 is 1. The predicted molar refractivity (Wildman–Crippen MR) is 111 cm³/mol. The SMILES string of the molecule is COc1ccc([C@H](C(C)C)[C@H](Br)C(=O)N2C(=O)OC[C@@H]2c2ccccc2)cc1. The molecule has 1 saturated heterocycles. The van der Waals surface area contributed by atoms with Crippen LogP contribution < -0.4 is 4.74 Å². The van der Waals surface area contributed by atoms with Crippen molar-refractivity contribution >= 4 is 27.9 Å². The number of ether oxygens (including phenoxy) is 2. The third kappa shape index (κ3) is 4.07. The molecule has 2 aromatic rings. The summed E-state index contributed by atoms with van der Waals surface area (Å²) in [5, 5.41) is 0. The molecular weight excluding hydrogens is 422 g/mol. The molecule has 2 amide bonds. The second kappa shape index (κ2) is 8.78. The van der Waals surface area contributed by atoms with Crippen LogP contribution in [0.25, 0.3) is 0 Å². The molecule has 6 heteroatoms. The molecule has 1 aliphatic heterocycles. The summed E-state index contributed by atoms with van der Waals surface area (Å²) in [5.41, 5.74) is 1.89. The summed E-state index contributed by atoms with van der Waals surface area (Å²) in [6, 6.07) is 16.8. The van der Waals surface area contributed by atoms with Crippen LogP contribution in [-0.4, -0.2) is 35.4 Å². The monoisotopic (exact) mass is 445 g/mol. The second-order valence-electron chi connectivity index (χ2n) is 7.16. The van der Waals surface area contributed by atoms with Crippen molar-refractivity contribution in [3.8, 4) is 5.75 Å². The van der Waals surface area contributed by atoms with E-state index in [2.05, 4.69) is 29.8 Å². The molecule has 0 spiro atoms. The minimum atomic E-state index is -0.597. The summed E-state index contributed by atoms with van der Waals surface area (Å²) in [7, 11) is 1.62. The van der Waals surface area contributed by atoms with Crippen molar-refractivity contribution in [3.05, 3.63) is 65.7 Å². The van der Waals surface area contributed by atoms with E-state index in [1.54, 1.807) is 7.11 Å². The molecule has 1 fully saturated rings. The Bertz CT molecular complexity index is 822. The number of imide groups is 1. The molecule has 28 heavy (non-hydrogen) atoms. The number of benzene rings is 2. The maximum Gasteiger partial charge on any atom is 0.417 e. The Labute approximate surface area is 173 Å². The quantitative estimate of drug-likeness (QED) is 0.592. The first-order valence-electron chi connectivity index (χ1n) is 9.26. The first-order chi connectivity index (χ1) is 13.4. The number of alkyl halides is 1. The van der Waals surface area contributed by atoms with Crippen LogP contribution in [0.2, 0.25) is 0 Å². The summed E-state index contributed by atoms with van der Waals surface area (Å²) < 4.78 is 10.4. The molecule has 2 aromatic carbocycles. The molecule has 5 nitrogen and oxygen atoms in total. The van der Waals surface area contributed by atoms with E-state index >= 15 is 0 Å². The molecule has 148 valence electrons. The van der Waals surface area contributed by atoms with E-state index in [0.29, 0.717) is 0 Å². The molecule has 1 heterocycles. The van der Waals surface area contributed by atoms with Gasteiger partial charge in [-0.2, -0.15) is 0 Å². The van der Waals surface area contributed by atoms with E-state index < -0.39 is 17.0 Å². The van der Waals surface area contributed by atoms with Crippen LogP contribution in [0.15, 0.2) is 54.6 Å². The Hall–Kier alpha value is -2.34. The zero-order valence-corrected chi connectivity index (χ0v) is 17.8. The number of rotatable bonds is 6. The number of carbonyl (C=O) groups excluding carboxylic acids is 2. The van der Waals surface area contributed by atoms with E-state index in [4.69, 9.17) is 9.47 Å². The molecule has 1 aliphatic rings. The summed E-state index contributed by atoms with van der Waals surface area (Å²) in [6.07, 6.45) is -0.597. The molecule has 0 radical (unpaired) electrons. The van der Waals surface area contributed by atoms with Gasteiger partial charge in [0.05, 0.1) is 7.11 Å². The highest BCUT2D eigenvalue weighted by molar-refractivity contribution is 9.10. The van der Waals surface area contributed by atoms with Crippen molar-refractivity contribution in [1.82, 2.24) is 4.90 Å². The first-order valence-corrected chi connectivity index (χ1v) is 10.2. The van der Waals surface area contributed by atoms with Gasteiger partial charge in [-0.25, -0.2) is 9.69 Å². The van der Waals surface area contributed by atoms with Crippen LogP contribution in [0.3, 0.4) is 0 Å². The van der Waals surface area contributed by atoms with Crippen molar-refractivity contribution in [2.24, 2.45) is 5.92 Å². The van der Waals surface area contributed by atoms with Gasteiger partial charge in [0.2, 0.25) is 5.91 Å². The number of hydrogen-bond donors (Lipinski definition) is 0. The fraction of sp³-hybridized carbons (Fsp3) is 0.364. The van der Waals surface area contributed by atoms with E-state index in [-0.39, 0.29) is 24.3 Å². The molecule has 3 atom stereocenters. The zero-order chi connectivity index (χ0) is 20.3. The summed E-state index contributed by atoms with van der Waals surface area (Å²) >= 11 is 3.59. The van der Waals surface area contributed by atoms with Crippen LogP contribution in [0.4, 0.5) is 4.79 Å². The molecular formula is C22H24BrNO4. The van der Waals surface area contributed by atoms with Gasteiger partial charge in [-0.1, -0.05) is 72.2 Å². The molecule has 0 saturated carbocycles. The fourth-order valence-electron chi connectivity index (χ4n) is 3.59. The molecule has 0 bridgehead atoms. The van der Waals surface area contributed by atoms with Gasteiger partial charge in [0.1, 0.15) is 23.2 Å². The molecule has 0 unspecified atom stereocenters. The van der Waals surface area contributed by atoms with Crippen molar-refractivity contribution in [1.29, 1.82) is 0 Å². The smallest absolute Gasteiger partial charge is 0.417 e. The van der Waals surface area contributed by atoms with Crippen LogP contribution in [0, 0.1) is 5.92 Å². The normalized spacial score (nSPS) is 18.7. The lowest BCUT2D eigenvalue weighted by molar-refractivity contribution is -0.129. The van der Waals surface area contributed by atoms with Crippen molar-refractivity contribution in [3.63, 3.8) is 0 Å². The third-order valence-corrected chi connectivity index (χ3v) is 6.03. The second-order valence-corrected chi connectivity index (χ2v) is 8.14. The molecule has 0 aromatic heterocycles. The van der Waals surface area contributed by atoms with Crippen molar-refractivity contribution in [2.75, 3.05) is 13.7 Å². The van der Waals surface area contributed by atoms with Gasteiger partial charge in [-0.05, 0) is 29.2 Å². The van der Waals surface area contributed by atoms with Crippen LogP contribution in [0.5, 0.6) is 5.75 Å². The number of carbonyl (C=O) groups is 2. The molecule has 0 N–H and O–H groups in total. The van der Waals surface area contributed by atoms with Crippen molar-refractivity contribution in [2.45, 2.75) is 30.6 Å². The highest BCUT2D eigenvalue weighted by Gasteiger charge is 2.43. The topological polar surface area (TPSA) is 55.8 Å². The number of cyclic esters (lactones) is 1. The minimum absolute atomic E-state index is 0.108. The number of nitrogens with zero attached hydrogens (tertiary/aromatic N) is 1. The third-order valence-electron chi connectivity index (χ3n) is 5.06. The number of halogens is 1. The van der Waals surface area contributed by atoms with Gasteiger partial charge in [0.15, 0.2) is 0 Å². The van der Waals surface area contributed by atoms with Gasteiger partial charge < -0.3 is 9.47 Å². The lowest BCUT2D eigenvalue weighted by Gasteiger charge is -2.29. The Kier molecular flexibility index (Phi) is 6.39. The van der Waals surface area contributed by atoms with Gasteiger partial charge in [0, 0.05) is 5.92 Å². The largest absolute Gasteiger partial charge is 0.497 e. The van der Waals surface area contributed by atoms with Crippen LogP contribution in [0.1, 0.15) is 36.9 Å². The Morgan fingerprint density at radius 1 is 1.14 bits per heavy atom. The lowest BCUT2D eigenvalue weighted by Crippen LogP contribution is -2.42. The maximum absolute atomic E-state index is 13.3. The van der Waals surface area contributed by atoms with Gasteiger partial charge in [-0.15, -0.1) is 0 Å². The average molecular weight is 446 g/mol. The first kappa shape index (κ1) is 20.4. The highest BCUT2D eigenvalue weighted by atomic mass is 79.9. The van der Waals surface area contributed by atoms with E-state index in [0.717, 1.165) is 16.9 Å². The Morgan fingerprint density at radius 2 is 1.79 bits per heavy atom. The van der Waals surface area contributed by atoms with Crippen molar-refractivity contribution < 1.29 is 19.1 Å². The van der Waals surface area contributed by atoms with E-state index in [1.165, 1.54) is 4.90 Å². The average Bonchev–Trinajstić information content (AvgIpc) is 3.09. The predicted octanol–water partition coefficient (Wildman–Crippen LogP) is 4.92. The fourth-order valence-corrected chi connectivity index (χ4v) is 4.73. The van der Waals surface area contributed by atoms with Gasteiger partial charge >= 0.3 is 6.09 Å². The molecule has 3 rings (SSSR count). The van der Waals surface area contributed by atoms with Crippen LogP contribution >= 0.6 is 15.9 Å². The number of hydrogen-bond acceptors (Lipinski definition) is 4. The number of amides is 2. The minimum Gasteiger partial charge on any atom is -0.497 e. The summed E-state index contributed by atoms with van der Waals surface area (Å²) in [5.74, 6) is 0.542. The Balaban J connectivity index is 1.88. The lowest BCUT2D eigenvalue weighted by atomic mass is 9.85. The Morgan fingerprint density at radius 3 is 2.36 bits per heavy atom. The van der Waals surface area contributed by atoms with Crippen LogP contribution in [-0.2, 0) is 9.53 Å². The maximum atomic E-state index is 13.3. The van der Waals surface area contributed by atoms with Gasteiger partial charge in [0.25, 0.3) is 0 Å².